The first kappa shape index (κ1) is 20.0. The van der Waals surface area contributed by atoms with Crippen molar-refractivity contribution in [3.63, 3.8) is 0 Å². The van der Waals surface area contributed by atoms with Crippen molar-refractivity contribution in [1.82, 2.24) is 14.8 Å². The smallest absolute Gasteiger partial charge is 0.226 e. The van der Waals surface area contributed by atoms with Crippen molar-refractivity contribution in [2.24, 2.45) is 0 Å². The minimum absolute atomic E-state index is 0.0523. The second-order valence-corrected chi connectivity index (χ2v) is 10.3. The molecule has 0 bridgehead atoms. The van der Waals surface area contributed by atoms with Crippen LogP contribution in [0, 0.1) is 0 Å². The Morgan fingerprint density at radius 2 is 1.76 bits per heavy atom. The number of fused-ring (bicyclic) bond motifs is 1. The zero-order chi connectivity index (χ0) is 20.3. The van der Waals surface area contributed by atoms with Crippen LogP contribution >= 0.6 is 0 Å². The molecule has 1 amide bonds. The highest BCUT2D eigenvalue weighted by molar-refractivity contribution is 7.92. The maximum atomic E-state index is 12.8. The number of hydrogen-bond donors (Lipinski definition) is 0. The summed E-state index contributed by atoms with van der Waals surface area (Å²) < 4.78 is 25.6. The van der Waals surface area contributed by atoms with E-state index in [1.165, 1.54) is 0 Å². The van der Waals surface area contributed by atoms with Gasteiger partial charge in [0, 0.05) is 44.6 Å². The van der Waals surface area contributed by atoms with Crippen molar-refractivity contribution in [1.29, 1.82) is 0 Å². The molecule has 2 aliphatic heterocycles. The summed E-state index contributed by atoms with van der Waals surface area (Å²) in [5.41, 5.74) is 2.08. The Morgan fingerprint density at radius 1 is 1.00 bits per heavy atom. The molecular weight excluding hydrogens is 386 g/mol. The predicted octanol–water partition coefficient (Wildman–Crippen LogP) is 1.91. The average Bonchev–Trinajstić information content (AvgIpc) is 2.96. The van der Waals surface area contributed by atoms with Crippen LogP contribution < -0.4 is 0 Å². The number of sulfone groups is 1. The van der Waals surface area contributed by atoms with Crippen LogP contribution in [0.2, 0.25) is 0 Å². The number of carbonyl (C=O) groups excluding carboxylic acids is 1. The first-order chi connectivity index (χ1) is 14.0. The maximum absolute atomic E-state index is 12.8. The topological polar surface area (TPSA) is 70.6 Å². The fourth-order valence-corrected chi connectivity index (χ4v) is 6.56. The second-order valence-electron chi connectivity index (χ2n) is 7.93. The Balaban J connectivity index is 1.48. The van der Waals surface area contributed by atoms with E-state index < -0.39 is 15.1 Å². The molecule has 0 spiro atoms. The van der Waals surface area contributed by atoms with Crippen LogP contribution in [0.1, 0.15) is 24.0 Å². The fourth-order valence-electron chi connectivity index (χ4n) is 4.51. The zero-order valence-electron chi connectivity index (χ0n) is 16.5. The van der Waals surface area contributed by atoms with E-state index in [2.05, 4.69) is 9.88 Å². The van der Waals surface area contributed by atoms with Gasteiger partial charge in [-0.05, 0) is 30.0 Å². The van der Waals surface area contributed by atoms with Gasteiger partial charge in [-0.3, -0.25) is 14.7 Å². The number of hydrogen-bond acceptors (Lipinski definition) is 5. The number of amides is 1. The summed E-state index contributed by atoms with van der Waals surface area (Å²) in [6.07, 6.45) is 5.14. The van der Waals surface area contributed by atoms with Gasteiger partial charge in [-0.25, -0.2) is 8.42 Å². The van der Waals surface area contributed by atoms with Crippen LogP contribution in [-0.2, 0) is 27.6 Å². The van der Waals surface area contributed by atoms with Gasteiger partial charge in [0.05, 0.1) is 17.4 Å². The number of pyridine rings is 1. The summed E-state index contributed by atoms with van der Waals surface area (Å²) in [6, 6.07) is 13.6. The van der Waals surface area contributed by atoms with E-state index in [0.717, 1.165) is 11.1 Å². The largest absolute Gasteiger partial charge is 0.342 e. The fraction of sp³-hybridized carbons (Fsp3) is 0.455. The molecule has 0 N–H and O–H groups in total. The highest BCUT2D eigenvalue weighted by atomic mass is 32.2. The minimum atomic E-state index is -3.14. The van der Waals surface area contributed by atoms with Gasteiger partial charge in [-0.2, -0.15) is 0 Å². The van der Waals surface area contributed by atoms with Crippen molar-refractivity contribution in [3.05, 3.63) is 66.0 Å². The lowest BCUT2D eigenvalue weighted by Crippen LogP contribution is -2.54. The summed E-state index contributed by atoms with van der Waals surface area (Å²) >= 11 is 0. The highest BCUT2D eigenvalue weighted by Crippen LogP contribution is 2.29. The lowest BCUT2D eigenvalue weighted by molar-refractivity contribution is -0.130. The first-order valence-electron chi connectivity index (χ1n) is 10.2. The van der Waals surface area contributed by atoms with E-state index in [1.54, 1.807) is 6.20 Å². The minimum Gasteiger partial charge on any atom is -0.342 e. The quantitative estimate of drug-likeness (QED) is 0.766. The third kappa shape index (κ3) is 4.67. The Morgan fingerprint density at radius 3 is 2.52 bits per heavy atom. The molecule has 0 aliphatic carbocycles. The highest BCUT2D eigenvalue weighted by Gasteiger charge is 2.43. The molecule has 2 aliphatic rings. The van der Waals surface area contributed by atoms with Crippen molar-refractivity contribution in [2.75, 3.05) is 25.4 Å². The van der Waals surface area contributed by atoms with Gasteiger partial charge in [-0.1, -0.05) is 36.4 Å². The van der Waals surface area contributed by atoms with E-state index in [1.807, 2.05) is 53.6 Å². The van der Waals surface area contributed by atoms with Crippen LogP contribution in [0.3, 0.4) is 0 Å². The molecule has 0 unspecified atom stereocenters. The molecule has 0 radical (unpaired) electrons. The molecule has 2 aromatic rings. The van der Waals surface area contributed by atoms with E-state index in [0.29, 0.717) is 45.4 Å². The van der Waals surface area contributed by atoms with Crippen molar-refractivity contribution < 1.29 is 13.2 Å². The zero-order valence-corrected chi connectivity index (χ0v) is 17.3. The number of aromatic nitrogens is 1. The Bertz CT molecular complexity index is 934. The molecule has 4 rings (SSSR count). The van der Waals surface area contributed by atoms with Gasteiger partial charge in [0.2, 0.25) is 5.91 Å². The first-order valence-corrected chi connectivity index (χ1v) is 11.9. The molecule has 29 heavy (non-hydrogen) atoms. The van der Waals surface area contributed by atoms with E-state index in [4.69, 9.17) is 0 Å². The van der Waals surface area contributed by atoms with Crippen molar-refractivity contribution in [3.8, 4) is 0 Å². The van der Waals surface area contributed by atoms with Gasteiger partial charge in [0.15, 0.2) is 9.84 Å². The molecular formula is C22H27N3O3S. The summed E-state index contributed by atoms with van der Waals surface area (Å²) in [5, 5.41) is -0.401. The molecule has 2 atom stereocenters. The van der Waals surface area contributed by atoms with Gasteiger partial charge in [0.25, 0.3) is 0 Å². The molecule has 7 heteroatoms. The van der Waals surface area contributed by atoms with Crippen LogP contribution in [0.25, 0.3) is 0 Å². The summed E-state index contributed by atoms with van der Waals surface area (Å²) in [7, 11) is -3.14. The number of nitrogens with zero attached hydrogens (tertiary/aromatic N) is 3. The standard InChI is InChI=1S/C22H27N3O3S/c26-22(15-18-5-2-1-3-6-18)24-11-8-20-21(9-12-24)29(27,28)14-13-25(20)17-19-7-4-10-23-16-19/h1-7,10,16,20-21H,8-9,11-15,17H2/t20-,21+/m1/s1. The van der Waals surface area contributed by atoms with E-state index in [-0.39, 0.29) is 17.7 Å². The number of likely N-dealkylation sites (tertiary alicyclic amines) is 1. The third-order valence-corrected chi connectivity index (χ3v) is 8.28. The average molecular weight is 414 g/mol. The Hall–Kier alpha value is -2.25. The lowest BCUT2D eigenvalue weighted by Gasteiger charge is -2.40. The molecule has 1 aromatic heterocycles. The monoisotopic (exact) mass is 413 g/mol. The number of rotatable bonds is 4. The van der Waals surface area contributed by atoms with Gasteiger partial charge >= 0.3 is 0 Å². The van der Waals surface area contributed by atoms with Crippen molar-refractivity contribution >= 4 is 15.7 Å². The number of benzene rings is 1. The molecule has 2 saturated heterocycles. The molecule has 3 heterocycles. The molecule has 1 aromatic carbocycles. The SMILES string of the molecule is O=C(Cc1ccccc1)N1CC[C@@H]2[C@H](CC1)S(=O)(=O)CCN2Cc1cccnc1. The van der Waals surface area contributed by atoms with Crippen molar-refractivity contribution in [2.45, 2.75) is 37.1 Å². The maximum Gasteiger partial charge on any atom is 0.226 e. The second kappa shape index (κ2) is 8.63. The van der Waals surface area contributed by atoms with Crippen LogP contribution in [-0.4, -0.2) is 65.8 Å². The normalized spacial score (nSPS) is 24.5. The summed E-state index contributed by atoms with van der Waals surface area (Å²) in [6.45, 7) is 2.34. The predicted molar refractivity (Wildman–Crippen MR) is 112 cm³/mol. The molecule has 154 valence electrons. The number of carbonyl (C=O) groups is 1. The third-order valence-electron chi connectivity index (χ3n) is 6.06. The van der Waals surface area contributed by atoms with Gasteiger partial charge in [-0.15, -0.1) is 0 Å². The van der Waals surface area contributed by atoms with E-state index in [9.17, 15) is 13.2 Å². The Kier molecular flexibility index (Phi) is 5.96. The summed E-state index contributed by atoms with van der Waals surface area (Å²) in [5.74, 6) is 0.262. The van der Waals surface area contributed by atoms with Crippen LogP contribution in [0.15, 0.2) is 54.9 Å². The summed E-state index contributed by atoms with van der Waals surface area (Å²) in [4.78, 5) is 21.1. The Labute approximate surface area is 172 Å². The van der Waals surface area contributed by atoms with Gasteiger partial charge in [0.1, 0.15) is 0 Å². The molecule has 2 fully saturated rings. The van der Waals surface area contributed by atoms with Crippen LogP contribution in [0.5, 0.6) is 0 Å². The van der Waals surface area contributed by atoms with Crippen LogP contribution in [0.4, 0.5) is 0 Å². The van der Waals surface area contributed by atoms with E-state index >= 15 is 0 Å². The molecule has 6 nitrogen and oxygen atoms in total. The lowest BCUT2D eigenvalue weighted by atomic mass is 10.1. The molecule has 0 saturated carbocycles. The van der Waals surface area contributed by atoms with Gasteiger partial charge < -0.3 is 4.90 Å².